The number of nitro groups is 1. The maximum absolute atomic E-state index is 13.4. The van der Waals surface area contributed by atoms with Crippen molar-refractivity contribution < 1.29 is 23.6 Å². The number of nitro benzene ring substituents is 1. The van der Waals surface area contributed by atoms with Gasteiger partial charge in [0.15, 0.2) is 5.75 Å². The first kappa shape index (κ1) is 16.3. The first-order chi connectivity index (χ1) is 9.19. The Kier molecular flexibility index (Phi) is 5.01. The van der Waals surface area contributed by atoms with E-state index in [4.69, 9.17) is 10.5 Å². The first-order valence-corrected chi connectivity index (χ1v) is 6.12. The number of hydrogen-bond acceptors (Lipinski definition) is 6. The number of esters is 1. The molecule has 0 spiro atoms. The number of ether oxygens (including phenoxy) is 2. The van der Waals surface area contributed by atoms with Crippen LogP contribution in [0, 0.1) is 15.9 Å². The number of rotatable bonds is 5. The molecule has 0 amide bonds. The predicted octanol–water partition coefficient (Wildman–Crippen LogP) is 1.77. The van der Waals surface area contributed by atoms with Gasteiger partial charge in [-0.2, -0.15) is 0 Å². The quantitative estimate of drug-likeness (QED) is 0.492. The van der Waals surface area contributed by atoms with Gasteiger partial charge in [-0.05, 0) is 22.9 Å². The Balaban J connectivity index is 3.01. The van der Waals surface area contributed by atoms with Crippen molar-refractivity contribution in [1.82, 2.24) is 0 Å². The fraction of sp³-hybridized carbons (Fsp3) is 0.364. The van der Waals surface area contributed by atoms with Crippen molar-refractivity contribution in [2.24, 2.45) is 5.73 Å². The van der Waals surface area contributed by atoms with Gasteiger partial charge in [-0.1, -0.05) is 0 Å². The van der Waals surface area contributed by atoms with E-state index in [0.717, 1.165) is 19.2 Å². The van der Waals surface area contributed by atoms with E-state index in [1.807, 2.05) is 0 Å². The lowest BCUT2D eigenvalue weighted by molar-refractivity contribution is -0.386. The average molecular weight is 351 g/mol. The lowest BCUT2D eigenvalue weighted by Crippen LogP contribution is -2.50. The van der Waals surface area contributed by atoms with Gasteiger partial charge in [0.1, 0.15) is 18.0 Å². The molecule has 0 saturated carbocycles. The largest absolute Gasteiger partial charge is 0.484 e. The molecular weight excluding hydrogens is 339 g/mol. The van der Waals surface area contributed by atoms with Gasteiger partial charge in [0.25, 0.3) is 0 Å². The fourth-order valence-electron chi connectivity index (χ4n) is 1.30. The summed E-state index contributed by atoms with van der Waals surface area (Å²) in [6.45, 7) is 0.932. The molecule has 0 aliphatic rings. The van der Waals surface area contributed by atoms with Crippen LogP contribution in [0.25, 0.3) is 0 Å². The average Bonchev–Trinajstić information content (AvgIpc) is 2.38. The monoisotopic (exact) mass is 350 g/mol. The smallest absolute Gasteiger partial charge is 0.329 e. The maximum Gasteiger partial charge on any atom is 0.329 e. The Morgan fingerprint density at radius 2 is 2.20 bits per heavy atom. The van der Waals surface area contributed by atoms with Crippen LogP contribution >= 0.6 is 15.9 Å². The second kappa shape index (κ2) is 6.14. The molecule has 9 heteroatoms. The van der Waals surface area contributed by atoms with Gasteiger partial charge in [0.2, 0.25) is 0 Å². The summed E-state index contributed by atoms with van der Waals surface area (Å²) in [7, 11) is 1.15. The number of carbonyl (C=O) groups is 1. The van der Waals surface area contributed by atoms with Crippen molar-refractivity contribution in [3.8, 4) is 5.75 Å². The molecule has 110 valence electrons. The molecule has 2 N–H and O–H groups in total. The molecule has 1 atom stereocenters. The van der Waals surface area contributed by atoms with Crippen molar-refractivity contribution >= 4 is 27.6 Å². The van der Waals surface area contributed by atoms with E-state index in [1.165, 1.54) is 6.92 Å². The number of nitrogens with zero attached hydrogens (tertiary/aromatic N) is 1. The number of benzene rings is 1. The van der Waals surface area contributed by atoms with E-state index in [0.29, 0.717) is 0 Å². The minimum absolute atomic E-state index is 0.0694. The molecule has 1 aromatic rings. The zero-order valence-electron chi connectivity index (χ0n) is 10.7. The van der Waals surface area contributed by atoms with Crippen molar-refractivity contribution in [2.75, 3.05) is 13.7 Å². The normalized spacial score (nSPS) is 13.4. The number of halogens is 2. The van der Waals surface area contributed by atoms with Crippen molar-refractivity contribution in [3.63, 3.8) is 0 Å². The molecule has 0 saturated heterocycles. The number of hydrogen-bond donors (Lipinski definition) is 1. The SMILES string of the molecule is COC(=O)C(C)(N)COc1cc(F)c(Br)cc1[N+](=O)[O-]. The van der Waals surface area contributed by atoms with Crippen LogP contribution in [0.1, 0.15) is 6.92 Å². The fourth-order valence-corrected chi connectivity index (χ4v) is 1.63. The van der Waals surface area contributed by atoms with E-state index in [1.54, 1.807) is 0 Å². The zero-order valence-corrected chi connectivity index (χ0v) is 12.3. The lowest BCUT2D eigenvalue weighted by Gasteiger charge is -2.21. The summed E-state index contributed by atoms with van der Waals surface area (Å²) in [5.41, 5.74) is 3.69. The summed E-state index contributed by atoms with van der Waals surface area (Å²) in [6, 6.07) is 1.81. The van der Waals surface area contributed by atoms with Crippen molar-refractivity contribution in [1.29, 1.82) is 0 Å². The molecule has 1 unspecified atom stereocenters. The molecule has 0 aliphatic heterocycles. The van der Waals surface area contributed by atoms with E-state index in [9.17, 15) is 19.3 Å². The van der Waals surface area contributed by atoms with Gasteiger partial charge in [0.05, 0.1) is 16.5 Å². The van der Waals surface area contributed by atoms with Gasteiger partial charge in [0, 0.05) is 12.1 Å². The Hall–Kier alpha value is -1.74. The predicted molar refractivity (Wildman–Crippen MR) is 70.9 cm³/mol. The second-order valence-corrected chi connectivity index (χ2v) is 5.04. The summed E-state index contributed by atoms with van der Waals surface area (Å²) in [4.78, 5) is 21.5. The molecule has 0 radical (unpaired) electrons. The lowest BCUT2D eigenvalue weighted by atomic mass is 10.1. The van der Waals surface area contributed by atoms with Crippen LogP contribution in [-0.4, -0.2) is 30.1 Å². The van der Waals surface area contributed by atoms with Crippen LogP contribution in [-0.2, 0) is 9.53 Å². The van der Waals surface area contributed by atoms with Crippen LogP contribution in [0.4, 0.5) is 10.1 Å². The highest BCUT2D eigenvalue weighted by atomic mass is 79.9. The molecule has 0 aliphatic carbocycles. The van der Waals surface area contributed by atoms with Crippen molar-refractivity contribution in [3.05, 3.63) is 32.5 Å². The van der Waals surface area contributed by atoms with Gasteiger partial charge in [-0.25, -0.2) is 9.18 Å². The summed E-state index contributed by atoms with van der Waals surface area (Å²) in [5.74, 6) is -1.81. The van der Waals surface area contributed by atoms with E-state index in [2.05, 4.69) is 20.7 Å². The molecule has 7 nitrogen and oxygen atoms in total. The molecule has 0 bridgehead atoms. The van der Waals surface area contributed by atoms with Gasteiger partial charge in [-0.15, -0.1) is 0 Å². The number of carbonyl (C=O) groups excluding carboxylic acids is 1. The first-order valence-electron chi connectivity index (χ1n) is 5.32. The molecule has 0 heterocycles. The third kappa shape index (κ3) is 3.64. The second-order valence-electron chi connectivity index (χ2n) is 4.19. The standard InChI is InChI=1S/C11H12BrFN2O5/c1-11(14,10(16)19-2)5-20-9-4-7(13)6(12)3-8(9)15(17)18/h3-4H,5,14H2,1-2H3. The summed E-state index contributed by atoms with van der Waals surface area (Å²) < 4.78 is 22.9. The van der Waals surface area contributed by atoms with E-state index >= 15 is 0 Å². The minimum Gasteiger partial charge on any atom is -0.484 e. The van der Waals surface area contributed by atoms with E-state index < -0.39 is 34.5 Å². The minimum atomic E-state index is -1.51. The zero-order chi connectivity index (χ0) is 15.5. The third-order valence-electron chi connectivity index (χ3n) is 2.38. The number of methoxy groups -OCH3 is 1. The Morgan fingerprint density at radius 1 is 1.60 bits per heavy atom. The molecule has 1 aromatic carbocycles. The summed E-state index contributed by atoms with van der Waals surface area (Å²) in [6.07, 6.45) is 0. The molecule has 1 rings (SSSR count). The van der Waals surface area contributed by atoms with Crippen molar-refractivity contribution in [2.45, 2.75) is 12.5 Å². The Bertz CT molecular complexity index is 550. The van der Waals surface area contributed by atoms with Crippen LogP contribution in [0.5, 0.6) is 5.75 Å². The Morgan fingerprint density at radius 3 is 2.70 bits per heavy atom. The van der Waals surface area contributed by atoms with Crippen LogP contribution < -0.4 is 10.5 Å². The van der Waals surface area contributed by atoms with Crippen LogP contribution in [0.15, 0.2) is 16.6 Å². The van der Waals surface area contributed by atoms with Crippen LogP contribution in [0.2, 0.25) is 0 Å². The third-order valence-corrected chi connectivity index (χ3v) is 2.99. The molecule has 0 fully saturated rings. The van der Waals surface area contributed by atoms with E-state index in [-0.39, 0.29) is 10.2 Å². The molecule has 20 heavy (non-hydrogen) atoms. The van der Waals surface area contributed by atoms with Gasteiger partial charge >= 0.3 is 11.7 Å². The van der Waals surface area contributed by atoms with Gasteiger partial charge < -0.3 is 15.2 Å². The maximum atomic E-state index is 13.4. The highest BCUT2D eigenvalue weighted by Gasteiger charge is 2.32. The molecular formula is C11H12BrFN2O5. The topological polar surface area (TPSA) is 105 Å². The van der Waals surface area contributed by atoms with Crippen LogP contribution in [0.3, 0.4) is 0 Å². The number of nitrogens with two attached hydrogens (primary N) is 1. The molecule has 0 aromatic heterocycles. The highest BCUT2D eigenvalue weighted by Crippen LogP contribution is 2.32. The Labute approximate surface area is 122 Å². The summed E-state index contributed by atoms with van der Waals surface area (Å²) >= 11 is 2.84. The van der Waals surface area contributed by atoms with Gasteiger partial charge in [-0.3, -0.25) is 10.1 Å². The highest BCUT2D eigenvalue weighted by molar-refractivity contribution is 9.10. The summed E-state index contributed by atoms with van der Waals surface area (Å²) in [5, 5.41) is 10.9.